The monoisotopic (exact) mass is 561 g/mol. The largest absolute Gasteiger partial charge is 0.497 e. The van der Waals surface area contributed by atoms with Gasteiger partial charge in [-0.25, -0.2) is 24.3 Å². The molecule has 1 aliphatic rings. The van der Waals surface area contributed by atoms with Gasteiger partial charge in [0.1, 0.15) is 38.8 Å². The molecule has 38 heavy (non-hydrogen) atoms. The van der Waals surface area contributed by atoms with E-state index in [1.807, 2.05) is 28.2 Å². The number of rotatable bonds is 8. The fourth-order valence-electron chi connectivity index (χ4n) is 4.04. The Kier molecular flexibility index (Phi) is 5.60. The Hall–Kier alpha value is -3.87. The van der Waals surface area contributed by atoms with Gasteiger partial charge >= 0.3 is 5.97 Å². The average molecular weight is 562 g/mol. The molecule has 0 saturated heterocycles. The van der Waals surface area contributed by atoms with E-state index in [4.69, 9.17) is 29.6 Å². The molecule has 190 valence electrons. The van der Waals surface area contributed by atoms with Crippen LogP contribution in [0.4, 0.5) is 0 Å². The molecule has 0 radical (unpaired) electrons. The molecule has 2 aromatic carbocycles. The van der Waals surface area contributed by atoms with Crippen LogP contribution in [0.1, 0.15) is 39.8 Å². The van der Waals surface area contributed by atoms with E-state index in [1.54, 1.807) is 42.7 Å². The molecule has 1 fully saturated rings. The van der Waals surface area contributed by atoms with Crippen LogP contribution in [0.15, 0.2) is 48.0 Å². The van der Waals surface area contributed by atoms with Crippen molar-refractivity contribution in [1.82, 2.24) is 24.6 Å². The highest BCUT2D eigenvalue weighted by Crippen LogP contribution is 2.43. The van der Waals surface area contributed by atoms with Crippen molar-refractivity contribution in [3.63, 3.8) is 0 Å². The molecule has 9 nitrogen and oxygen atoms in total. The summed E-state index contributed by atoms with van der Waals surface area (Å²) >= 11 is 4.66. The van der Waals surface area contributed by atoms with Crippen LogP contribution in [-0.2, 0) is 6.61 Å². The Morgan fingerprint density at radius 2 is 1.95 bits per heavy atom. The molecule has 6 aromatic rings. The van der Waals surface area contributed by atoms with E-state index in [0.717, 1.165) is 47.2 Å². The zero-order valence-electron chi connectivity index (χ0n) is 20.0. The summed E-state index contributed by atoms with van der Waals surface area (Å²) in [5.74, 6) is 0.973. The Morgan fingerprint density at radius 1 is 1.11 bits per heavy atom. The summed E-state index contributed by atoms with van der Waals surface area (Å²) in [4.78, 5) is 26.3. The van der Waals surface area contributed by atoms with Crippen LogP contribution in [0.25, 0.3) is 36.5 Å². The third-order valence-corrected chi connectivity index (χ3v) is 9.31. The molecule has 7 rings (SSSR count). The van der Waals surface area contributed by atoms with Gasteiger partial charge in [0.15, 0.2) is 0 Å². The van der Waals surface area contributed by atoms with Gasteiger partial charge in [0.25, 0.3) is 0 Å². The predicted octanol–water partition coefficient (Wildman–Crippen LogP) is 6.35. The lowest BCUT2D eigenvalue weighted by Crippen LogP contribution is -1.97. The van der Waals surface area contributed by atoms with Crippen molar-refractivity contribution in [3.05, 3.63) is 64.2 Å². The molecule has 1 N–H and O–H groups in total. The van der Waals surface area contributed by atoms with E-state index in [1.165, 1.54) is 35.5 Å². The fraction of sp³-hybridized carbons (Fsp3) is 0.192. The van der Waals surface area contributed by atoms with Crippen LogP contribution in [-0.4, -0.2) is 42.8 Å². The number of ether oxygens (including phenoxy) is 2. The molecule has 4 aromatic heterocycles. The molecule has 0 unspecified atom stereocenters. The summed E-state index contributed by atoms with van der Waals surface area (Å²) in [5.41, 5.74) is 3.45. The second kappa shape index (κ2) is 9.15. The van der Waals surface area contributed by atoms with Crippen molar-refractivity contribution >= 4 is 55.2 Å². The second-order valence-electron chi connectivity index (χ2n) is 8.88. The van der Waals surface area contributed by atoms with Crippen LogP contribution in [0.2, 0.25) is 0 Å². The SMILES string of the molecule is COc1cc(OCc2csc(-c3ccc(C(=O)O)cc3)n2)c2sc(-c3cn4nc(C5CC5)sc4n3)nc2c1. The van der Waals surface area contributed by atoms with Crippen LogP contribution in [0.5, 0.6) is 11.5 Å². The molecule has 0 atom stereocenters. The van der Waals surface area contributed by atoms with E-state index >= 15 is 0 Å². The number of hydrogen-bond donors (Lipinski definition) is 1. The zero-order chi connectivity index (χ0) is 25.8. The highest BCUT2D eigenvalue weighted by atomic mass is 32.1. The maximum Gasteiger partial charge on any atom is 0.335 e. The van der Waals surface area contributed by atoms with Crippen molar-refractivity contribution < 1.29 is 19.4 Å². The quantitative estimate of drug-likeness (QED) is 0.229. The maximum atomic E-state index is 11.1. The number of thiazole rings is 2. The number of imidazole rings is 1. The molecule has 1 saturated carbocycles. The summed E-state index contributed by atoms with van der Waals surface area (Å²) in [7, 11) is 1.62. The van der Waals surface area contributed by atoms with Gasteiger partial charge in [-0.2, -0.15) is 5.10 Å². The molecule has 12 heteroatoms. The van der Waals surface area contributed by atoms with Crippen LogP contribution >= 0.6 is 34.0 Å². The molecule has 0 aliphatic heterocycles. The molecule has 0 bridgehead atoms. The first kappa shape index (κ1) is 23.3. The van der Waals surface area contributed by atoms with E-state index in [-0.39, 0.29) is 12.2 Å². The molecule has 4 heterocycles. The smallest absolute Gasteiger partial charge is 0.335 e. The number of nitrogens with zero attached hydrogens (tertiary/aromatic N) is 5. The van der Waals surface area contributed by atoms with Gasteiger partial charge in [-0.15, -0.1) is 22.7 Å². The molecule has 0 amide bonds. The number of aromatic nitrogens is 5. The van der Waals surface area contributed by atoms with E-state index in [2.05, 4.69) is 4.98 Å². The number of hydrogen-bond acceptors (Lipinski definition) is 10. The number of benzene rings is 2. The Morgan fingerprint density at radius 3 is 2.68 bits per heavy atom. The summed E-state index contributed by atoms with van der Waals surface area (Å²) in [5, 5.41) is 18.5. The lowest BCUT2D eigenvalue weighted by molar-refractivity contribution is 0.0697. The number of carboxylic acid groups (broad SMARTS) is 1. The topological polar surface area (TPSA) is 112 Å². The first-order valence-corrected chi connectivity index (χ1v) is 14.3. The van der Waals surface area contributed by atoms with Gasteiger partial charge < -0.3 is 14.6 Å². The van der Waals surface area contributed by atoms with E-state index in [9.17, 15) is 4.79 Å². The van der Waals surface area contributed by atoms with Gasteiger partial charge in [0.05, 0.1) is 34.8 Å². The Balaban J connectivity index is 1.14. The van der Waals surface area contributed by atoms with Crippen molar-refractivity contribution in [2.45, 2.75) is 25.4 Å². The zero-order valence-corrected chi connectivity index (χ0v) is 22.4. The van der Waals surface area contributed by atoms with Crippen molar-refractivity contribution in [2.75, 3.05) is 7.11 Å². The minimum Gasteiger partial charge on any atom is -0.497 e. The average Bonchev–Trinajstić information content (AvgIpc) is 3.26. The lowest BCUT2D eigenvalue weighted by Gasteiger charge is -2.07. The first-order chi connectivity index (χ1) is 18.5. The van der Waals surface area contributed by atoms with Gasteiger partial charge in [0.2, 0.25) is 4.96 Å². The van der Waals surface area contributed by atoms with Crippen LogP contribution in [0, 0.1) is 0 Å². The number of carboxylic acids is 1. The summed E-state index contributed by atoms with van der Waals surface area (Å²) < 4.78 is 14.5. The minimum atomic E-state index is -0.951. The van der Waals surface area contributed by atoms with Crippen LogP contribution < -0.4 is 9.47 Å². The lowest BCUT2D eigenvalue weighted by atomic mass is 10.1. The number of aromatic carboxylic acids is 1. The van der Waals surface area contributed by atoms with Gasteiger partial charge in [-0.1, -0.05) is 23.5 Å². The number of carbonyl (C=O) groups is 1. The highest BCUT2D eigenvalue weighted by molar-refractivity contribution is 7.22. The van der Waals surface area contributed by atoms with Crippen molar-refractivity contribution in [1.29, 1.82) is 0 Å². The Labute approximate surface area is 228 Å². The highest BCUT2D eigenvalue weighted by Gasteiger charge is 2.28. The summed E-state index contributed by atoms with van der Waals surface area (Å²) in [6, 6.07) is 10.4. The van der Waals surface area contributed by atoms with E-state index < -0.39 is 5.97 Å². The van der Waals surface area contributed by atoms with Crippen molar-refractivity contribution in [3.8, 4) is 32.8 Å². The normalized spacial score (nSPS) is 13.4. The molecule has 1 aliphatic carbocycles. The third kappa shape index (κ3) is 4.30. The minimum absolute atomic E-state index is 0.245. The summed E-state index contributed by atoms with van der Waals surface area (Å²) in [6.07, 6.45) is 4.37. The number of methoxy groups -OCH3 is 1. The predicted molar refractivity (Wildman–Crippen MR) is 147 cm³/mol. The van der Waals surface area contributed by atoms with Gasteiger partial charge in [-0.05, 0) is 25.0 Å². The van der Waals surface area contributed by atoms with Gasteiger partial charge in [0, 0.05) is 29.0 Å². The van der Waals surface area contributed by atoms with Crippen molar-refractivity contribution in [2.24, 2.45) is 0 Å². The standard InChI is InChI=1S/C26H19N5O4S3/c1-34-17-8-18-21(37-24(28-18)19-10-31-26(29-19)38-23(30-31)14-2-3-14)20(9-17)35-11-16-12-36-22(27-16)13-4-6-15(7-5-13)25(32)33/h4-10,12,14H,2-3,11H2,1H3,(H,32,33). The maximum absolute atomic E-state index is 11.1. The third-order valence-electron chi connectivity index (χ3n) is 6.18. The first-order valence-electron chi connectivity index (χ1n) is 11.8. The molecule has 0 spiro atoms. The fourth-order valence-corrected chi connectivity index (χ4v) is 6.87. The van der Waals surface area contributed by atoms with E-state index in [0.29, 0.717) is 17.4 Å². The summed E-state index contributed by atoms with van der Waals surface area (Å²) in [6.45, 7) is 0.271. The number of fused-ring (bicyclic) bond motifs is 2. The second-order valence-corrected chi connectivity index (χ2v) is 11.7. The Bertz CT molecular complexity index is 1780. The molecular weight excluding hydrogens is 543 g/mol. The van der Waals surface area contributed by atoms with Crippen LogP contribution in [0.3, 0.4) is 0 Å². The molecular formula is C26H19N5O4S3. The van der Waals surface area contributed by atoms with Gasteiger partial charge in [-0.3, -0.25) is 0 Å².